The Bertz CT molecular complexity index is 1080. The van der Waals surface area contributed by atoms with Crippen LogP contribution < -0.4 is 9.47 Å². The van der Waals surface area contributed by atoms with Gasteiger partial charge in [-0.15, -0.1) is 10.2 Å². The standard InChI is InChI=1S/C19H25N5O5S/c1-13(25)23-8-15(18-21-20-12-22(18)2)19(9-23)10-24(11-19)30(26,27)17-7-14(28-3)5-6-16(17)29-4/h5-7,12,15H,8-11H2,1-4H3. The Hall–Kier alpha value is -2.66. The van der Waals surface area contributed by atoms with Crippen LogP contribution in [0.3, 0.4) is 0 Å². The minimum Gasteiger partial charge on any atom is -0.497 e. The van der Waals surface area contributed by atoms with E-state index in [0.29, 0.717) is 18.8 Å². The van der Waals surface area contributed by atoms with Crippen molar-refractivity contribution < 1.29 is 22.7 Å². The zero-order chi connectivity index (χ0) is 21.7. The quantitative estimate of drug-likeness (QED) is 0.672. The number of carbonyl (C=O) groups is 1. The van der Waals surface area contributed by atoms with Crippen LogP contribution in [0.1, 0.15) is 18.7 Å². The molecule has 1 unspecified atom stereocenters. The number of methoxy groups -OCH3 is 2. The molecule has 1 spiro atoms. The molecule has 0 bridgehead atoms. The number of hydrogen-bond acceptors (Lipinski definition) is 7. The number of carbonyl (C=O) groups excluding carboxylic acids is 1. The summed E-state index contributed by atoms with van der Waals surface area (Å²) in [4.78, 5) is 13.9. The molecular weight excluding hydrogens is 410 g/mol. The maximum Gasteiger partial charge on any atom is 0.246 e. The minimum atomic E-state index is -3.80. The van der Waals surface area contributed by atoms with E-state index in [2.05, 4.69) is 10.2 Å². The van der Waals surface area contributed by atoms with Gasteiger partial charge < -0.3 is 18.9 Å². The SMILES string of the molecule is COc1ccc(OC)c(S(=O)(=O)N2CC3(CN(C(C)=O)CC3c3nncn3C)C2)c1. The summed E-state index contributed by atoms with van der Waals surface area (Å²) in [6, 6.07) is 4.70. The van der Waals surface area contributed by atoms with Gasteiger partial charge in [0.2, 0.25) is 15.9 Å². The Balaban J connectivity index is 1.65. The fourth-order valence-electron chi connectivity index (χ4n) is 4.44. The molecule has 1 amide bonds. The molecule has 30 heavy (non-hydrogen) atoms. The average molecular weight is 436 g/mol. The maximum absolute atomic E-state index is 13.4. The lowest BCUT2D eigenvalue weighted by molar-refractivity contribution is -0.128. The highest BCUT2D eigenvalue weighted by Crippen LogP contribution is 2.50. The highest BCUT2D eigenvalue weighted by atomic mass is 32.2. The Morgan fingerprint density at radius 1 is 1.20 bits per heavy atom. The molecule has 1 atom stereocenters. The van der Waals surface area contributed by atoms with Gasteiger partial charge in [0.1, 0.15) is 28.5 Å². The number of rotatable bonds is 5. The number of nitrogens with zero attached hydrogens (tertiary/aromatic N) is 5. The van der Waals surface area contributed by atoms with Gasteiger partial charge in [-0.3, -0.25) is 4.79 Å². The number of amides is 1. The van der Waals surface area contributed by atoms with E-state index in [1.807, 2.05) is 11.6 Å². The molecule has 1 aromatic heterocycles. The molecule has 1 aromatic carbocycles. The van der Waals surface area contributed by atoms with E-state index in [1.54, 1.807) is 23.4 Å². The third-order valence-corrected chi connectivity index (χ3v) is 7.94. The van der Waals surface area contributed by atoms with Gasteiger partial charge in [0.05, 0.1) is 14.2 Å². The Morgan fingerprint density at radius 2 is 1.93 bits per heavy atom. The number of aryl methyl sites for hydroxylation is 1. The molecule has 162 valence electrons. The second kappa shape index (κ2) is 7.24. The molecule has 2 aliphatic heterocycles. The molecule has 0 saturated carbocycles. The zero-order valence-corrected chi connectivity index (χ0v) is 18.2. The molecule has 4 rings (SSSR count). The smallest absolute Gasteiger partial charge is 0.246 e. The topological polar surface area (TPSA) is 107 Å². The van der Waals surface area contributed by atoms with E-state index in [-0.39, 0.29) is 35.6 Å². The van der Waals surface area contributed by atoms with Gasteiger partial charge >= 0.3 is 0 Å². The van der Waals surface area contributed by atoms with Crippen molar-refractivity contribution in [2.24, 2.45) is 12.5 Å². The van der Waals surface area contributed by atoms with Crippen molar-refractivity contribution in [3.63, 3.8) is 0 Å². The van der Waals surface area contributed by atoms with Gasteiger partial charge in [0.25, 0.3) is 0 Å². The summed E-state index contributed by atoms with van der Waals surface area (Å²) >= 11 is 0. The van der Waals surface area contributed by atoms with Gasteiger partial charge in [-0.2, -0.15) is 4.31 Å². The van der Waals surface area contributed by atoms with Gasteiger partial charge in [0, 0.05) is 57.5 Å². The largest absolute Gasteiger partial charge is 0.497 e. The number of aromatic nitrogens is 3. The van der Waals surface area contributed by atoms with Crippen LogP contribution in [0.5, 0.6) is 11.5 Å². The van der Waals surface area contributed by atoms with Gasteiger partial charge in [-0.1, -0.05) is 0 Å². The highest BCUT2D eigenvalue weighted by molar-refractivity contribution is 7.89. The fourth-order valence-corrected chi connectivity index (χ4v) is 6.25. The third kappa shape index (κ3) is 3.12. The summed E-state index contributed by atoms with van der Waals surface area (Å²) in [5, 5.41) is 8.20. The lowest BCUT2D eigenvalue weighted by Gasteiger charge is -2.49. The van der Waals surface area contributed by atoms with Crippen LogP contribution in [0.4, 0.5) is 0 Å². The Labute approximate surface area is 175 Å². The van der Waals surface area contributed by atoms with Crippen LogP contribution in [0.2, 0.25) is 0 Å². The lowest BCUT2D eigenvalue weighted by Crippen LogP contribution is -2.61. The Morgan fingerprint density at radius 3 is 2.50 bits per heavy atom. The van der Waals surface area contributed by atoms with Crippen molar-refractivity contribution in [3.8, 4) is 11.5 Å². The Kier molecular flexibility index (Phi) is 4.97. The first-order valence-electron chi connectivity index (χ1n) is 9.53. The van der Waals surface area contributed by atoms with Crippen molar-refractivity contribution in [2.75, 3.05) is 40.4 Å². The van der Waals surface area contributed by atoms with E-state index in [9.17, 15) is 13.2 Å². The van der Waals surface area contributed by atoms with E-state index in [1.165, 1.54) is 31.5 Å². The number of sulfonamides is 1. The van der Waals surface area contributed by atoms with Crippen LogP contribution in [0.25, 0.3) is 0 Å². The van der Waals surface area contributed by atoms with Crippen molar-refractivity contribution in [2.45, 2.75) is 17.7 Å². The van der Waals surface area contributed by atoms with Gasteiger partial charge in [-0.05, 0) is 12.1 Å². The predicted molar refractivity (Wildman–Crippen MR) is 107 cm³/mol. The molecule has 0 radical (unpaired) electrons. The molecule has 11 heteroatoms. The van der Waals surface area contributed by atoms with E-state index in [4.69, 9.17) is 9.47 Å². The summed E-state index contributed by atoms with van der Waals surface area (Å²) < 4.78 is 40.4. The van der Waals surface area contributed by atoms with Crippen molar-refractivity contribution in [1.29, 1.82) is 0 Å². The van der Waals surface area contributed by atoms with Crippen molar-refractivity contribution in [3.05, 3.63) is 30.4 Å². The fraction of sp³-hybridized carbons (Fsp3) is 0.526. The minimum absolute atomic E-state index is 0.0326. The van der Waals surface area contributed by atoms with E-state index < -0.39 is 15.4 Å². The summed E-state index contributed by atoms with van der Waals surface area (Å²) in [6.45, 7) is 3.09. The molecule has 2 aromatic rings. The van der Waals surface area contributed by atoms with Crippen molar-refractivity contribution >= 4 is 15.9 Å². The third-order valence-electron chi connectivity index (χ3n) is 6.12. The lowest BCUT2D eigenvalue weighted by atomic mass is 9.72. The first-order chi connectivity index (χ1) is 14.2. The monoisotopic (exact) mass is 435 g/mol. The maximum atomic E-state index is 13.4. The normalized spacial score (nSPS) is 20.9. The van der Waals surface area contributed by atoms with Crippen LogP contribution in [0.15, 0.2) is 29.4 Å². The summed E-state index contributed by atoms with van der Waals surface area (Å²) in [5.74, 6) is 1.33. The first kappa shape index (κ1) is 20.6. The molecule has 0 aliphatic carbocycles. The van der Waals surface area contributed by atoms with Gasteiger partial charge in [0.15, 0.2) is 0 Å². The molecule has 2 saturated heterocycles. The zero-order valence-electron chi connectivity index (χ0n) is 17.4. The highest BCUT2D eigenvalue weighted by Gasteiger charge is 2.59. The van der Waals surface area contributed by atoms with Crippen LogP contribution in [0, 0.1) is 5.41 Å². The van der Waals surface area contributed by atoms with E-state index in [0.717, 1.165) is 5.82 Å². The van der Waals surface area contributed by atoms with Crippen LogP contribution in [-0.2, 0) is 21.9 Å². The second-order valence-corrected chi connectivity index (χ2v) is 9.81. The molecule has 2 aliphatic rings. The summed E-state index contributed by atoms with van der Waals surface area (Å²) in [6.07, 6.45) is 1.62. The molecule has 10 nitrogen and oxygen atoms in total. The summed E-state index contributed by atoms with van der Waals surface area (Å²) in [7, 11) is 0.974. The average Bonchev–Trinajstić information content (AvgIpc) is 3.29. The van der Waals surface area contributed by atoms with Crippen LogP contribution in [-0.4, -0.2) is 78.7 Å². The summed E-state index contributed by atoms with van der Waals surface area (Å²) in [5.41, 5.74) is -0.397. The van der Waals surface area contributed by atoms with E-state index >= 15 is 0 Å². The second-order valence-electron chi connectivity index (χ2n) is 7.90. The first-order valence-corrected chi connectivity index (χ1v) is 11.0. The number of likely N-dealkylation sites (tertiary alicyclic amines) is 1. The van der Waals surface area contributed by atoms with Gasteiger partial charge in [-0.25, -0.2) is 8.42 Å². The molecule has 0 N–H and O–H groups in total. The molecule has 2 fully saturated rings. The number of ether oxygens (including phenoxy) is 2. The number of hydrogen-bond donors (Lipinski definition) is 0. The molecular formula is C19H25N5O5S. The van der Waals surface area contributed by atoms with Crippen LogP contribution >= 0.6 is 0 Å². The predicted octanol–water partition coefficient (Wildman–Crippen LogP) is 0.469. The number of benzene rings is 1. The van der Waals surface area contributed by atoms with Crippen molar-refractivity contribution in [1.82, 2.24) is 24.0 Å². The molecule has 3 heterocycles.